The Morgan fingerprint density at radius 1 is 1.06 bits per heavy atom. The highest BCUT2D eigenvalue weighted by Gasteiger charge is 2.15. The molecular weight excluding hydrogens is 424 g/mol. The van der Waals surface area contributed by atoms with E-state index in [0.717, 1.165) is 38.5 Å². The van der Waals surface area contributed by atoms with Gasteiger partial charge in [0.2, 0.25) is 0 Å². The quantitative estimate of drug-likeness (QED) is 0.226. The van der Waals surface area contributed by atoms with Gasteiger partial charge >= 0.3 is 5.97 Å². The van der Waals surface area contributed by atoms with Crippen LogP contribution in [0.4, 0.5) is 0 Å². The summed E-state index contributed by atoms with van der Waals surface area (Å²) in [7, 11) is 0. The summed E-state index contributed by atoms with van der Waals surface area (Å²) in [6.45, 7) is 6.78. The fourth-order valence-electron chi connectivity index (χ4n) is 3.52. The monoisotopic (exact) mass is 460 g/mol. The number of nitrogens with zero attached hydrogens (tertiary/aromatic N) is 4. The molecule has 9 nitrogen and oxygen atoms in total. The van der Waals surface area contributed by atoms with Crippen molar-refractivity contribution in [1.29, 1.82) is 0 Å². The van der Waals surface area contributed by atoms with Gasteiger partial charge in [-0.2, -0.15) is 4.80 Å². The van der Waals surface area contributed by atoms with E-state index >= 15 is 0 Å². The standard InChI is InChI=1S/C24H36N4O5/c1-4-11-20-21(15-14-19(18(3)29)24(20)31)33-17-9-7-6-8-12-22-25-27-28(26-22)16-10-13-23(30)32-5-2/h14-15,31H,4-13,16-17H2,1-3H3. The van der Waals surface area contributed by atoms with Crippen molar-refractivity contribution in [2.75, 3.05) is 13.2 Å². The third-order valence-electron chi connectivity index (χ3n) is 5.21. The van der Waals surface area contributed by atoms with Crippen LogP contribution in [0.2, 0.25) is 0 Å². The maximum atomic E-state index is 11.7. The SMILES string of the molecule is CCCc1c(OCCCCCCc2nnn(CCCC(=O)OCC)n2)ccc(C(C)=O)c1O. The first-order valence-corrected chi connectivity index (χ1v) is 11.9. The maximum absolute atomic E-state index is 11.7. The van der Waals surface area contributed by atoms with Crippen molar-refractivity contribution in [2.45, 2.75) is 85.1 Å². The van der Waals surface area contributed by atoms with Gasteiger partial charge in [-0.3, -0.25) is 9.59 Å². The molecule has 0 amide bonds. The number of aromatic nitrogens is 4. The van der Waals surface area contributed by atoms with Gasteiger partial charge in [-0.05, 0) is 56.9 Å². The summed E-state index contributed by atoms with van der Waals surface area (Å²) >= 11 is 0. The Balaban J connectivity index is 1.65. The lowest BCUT2D eigenvalue weighted by Crippen LogP contribution is -2.08. The number of Topliss-reactive ketones (excluding diaryl/α,β-unsaturated/α-hetero) is 1. The molecule has 0 aliphatic carbocycles. The predicted octanol–water partition coefficient (Wildman–Crippen LogP) is 4.06. The van der Waals surface area contributed by atoms with Crippen LogP contribution in [0, 0.1) is 0 Å². The minimum Gasteiger partial charge on any atom is -0.507 e. The van der Waals surface area contributed by atoms with Crippen LogP contribution in [-0.4, -0.2) is 50.3 Å². The molecule has 9 heteroatoms. The van der Waals surface area contributed by atoms with E-state index in [4.69, 9.17) is 9.47 Å². The van der Waals surface area contributed by atoms with E-state index in [0.29, 0.717) is 61.7 Å². The average molecular weight is 461 g/mol. The van der Waals surface area contributed by atoms with Crippen LogP contribution < -0.4 is 4.74 Å². The van der Waals surface area contributed by atoms with Crippen molar-refractivity contribution in [2.24, 2.45) is 0 Å². The fourth-order valence-corrected chi connectivity index (χ4v) is 3.52. The number of esters is 1. The molecule has 33 heavy (non-hydrogen) atoms. The molecular formula is C24H36N4O5. The molecule has 0 fully saturated rings. The lowest BCUT2D eigenvalue weighted by molar-refractivity contribution is -0.143. The number of carbonyl (C=O) groups is 2. The highest BCUT2D eigenvalue weighted by Crippen LogP contribution is 2.33. The van der Waals surface area contributed by atoms with Gasteiger partial charge in [0.05, 0.1) is 25.3 Å². The summed E-state index contributed by atoms with van der Waals surface area (Å²) < 4.78 is 10.8. The van der Waals surface area contributed by atoms with E-state index < -0.39 is 0 Å². The van der Waals surface area contributed by atoms with Crippen molar-refractivity contribution < 1.29 is 24.2 Å². The second kappa shape index (κ2) is 14.2. The summed E-state index contributed by atoms with van der Waals surface area (Å²) in [4.78, 5) is 24.5. The number of rotatable bonds is 16. The smallest absolute Gasteiger partial charge is 0.305 e. The van der Waals surface area contributed by atoms with Crippen LogP contribution in [-0.2, 0) is 28.9 Å². The first kappa shape index (κ1) is 26.3. The molecule has 0 saturated heterocycles. The molecule has 1 aromatic heterocycles. The second-order valence-electron chi connectivity index (χ2n) is 7.97. The molecule has 0 spiro atoms. The van der Waals surface area contributed by atoms with Gasteiger partial charge in [-0.25, -0.2) is 0 Å². The number of phenols is 1. The van der Waals surface area contributed by atoms with Crippen LogP contribution in [0.5, 0.6) is 11.5 Å². The van der Waals surface area contributed by atoms with Gasteiger partial charge in [0.25, 0.3) is 0 Å². The number of aryl methyl sites for hydroxylation is 2. The Labute approximate surface area is 195 Å². The van der Waals surface area contributed by atoms with Gasteiger partial charge < -0.3 is 14.6 Å². The number of hydrogen-bond acceptors (Lipinski definition) is 8. The Hall–Kier alpha value is -2.97. The molecule has 1 aromatic carbocycles. The summed E-state index contributed by atoms with van der Waals surface area (Å²) in [5.41, 5.74) is 1.05. The zero-order valence-electron chi connectivity index (χ0n) is 20.0. The molecule has 0 unspecified atom stereocenters. The van der Waals surface area contributed by atoms with Crippen molar-refractivity contribution in [1.82, 2.24) is 20.2 Å². The van der Waals surface area contributed by atoms with Crippen LogP contribution in [0.1, 0.15) is 87.5 Å². The van der Waals surface area contributed by atoms with Crippen LogP contribution in [0.25, 0.3) is 0 Å². The lowest BCUT2D eigenvalue weighted by atomic mass is 10.0. The molecule has 0 saturated carbocycles. The normalized spacial score (nSPS) is 10.9. The Morgan fingerprint density at radius 2 is 1.85 bits per heavy atom. The number of benzene rings is 1. The predicted molar refractivity (Wildman–Crippen MR) is 123 cm³/mol. The molecule has 0 bridgehead atoms. The number of ketones is 1. The molecule has 2 rings (SSSR count). The minimum absolute atomic E-state index is 0.0447. The number of unbranched alkanes of at least 4 members (excludes halogenated alkanes) is 3. The van der Waals surface area contributed by atoms with Crippen LogP contribution >= 0.6 is 0 Å². The number of phenolic OH excluding ortho intramolecular Hbond substituents is 1. The number of tetrazole rings is 1. The first-order valence-electron chi connectivity index (χ1n) is 11.9. The number of hydrogen-bond donors (Lipinski definition) is 1. The van der Waals surface area contributed by atoms with Gasteiger partial charge in [0, 0.05) is 18.4 Å². The van der Waals surface area contributed by atoms with Gasteiger partial charge in [-0.15, -0.1) is 10.2 Å². The molecule has 0 aliphatic rings. The Morgan fingerprint density at radius 3 is 2.58 bits per heavy atom. The van der Waals surface area contributed by atoms with E-state index in [9.17, 15) is 14.7 Å². The number of ether oxygens (including phenoxy) is 2. The summed E-state index contributed by atoms with van der Waals surface area (Å²) in [6.07, 6.45) is 7.16. The van der Waals surface area contributed by atoms with Crippen molar-refractivity contribution in [3.8, 4) is 11.5 Å². The maximum Gasteiger partial charge on any atom is 0.305 e. The fraction of sp³-hybridized carbons (Fsp3) is 0.625. The zero-order chi connectivity index (χ0) is 24.1. The Kier molecular flexibility index (Phi) is 11.3. The molecule has 2 aromatic rings. The van der Waals surface area contributed by atoms with Crippen molar-refractivity contribution in [3.05, 3.63) is 29.1 Å². The first-order chi connectivity index (χ1) is 16.0. The average Bonchev–Trinajstić information content (AvgIpc) is 3.22. The summed E-state index contributed by atoms with van der Waals surface area (Å²) in [5.74, 6) is 1.06. The van der Waals surface area contributed by atoms with E-state index in [1.54, 1.807) is 19.1 Å². The molecule has 0 aliphatic heterocycles. The molecule has 182 valence electrons. The third kappa shape index (κ3) is 8.82. The molecule has 0 radical (unpaired) electrons. The zero-order valence-corrected chi connectivity index (χ0v) is 20.0. The molecule has 1 heterocycles. The third-order valence-corrected chi connectivity index (χ3v) is 5.21. The van der Waals surface area contributed by atoms with Crippen LogP contribution in [0.15, 0.2) is 12.1 Å². The highest BCUT2D eigenvalue weighted by molar-refractivity contribution is 5.97. The van der Waals surface area contributed by atoms with E-state index in [2.05, 4.69) is 15.4 Å². The topological polar surface area (TPSA) is 116 Å². The molecule has 0 atom stereocenters. The summed E-state index contributed by atoms with van der Waals surface area (Å²) in [6, 6.07) is 3.41. The van der Waals surface area contributed by atoms with Crippen molar-refractivity contribution in [3.63, 3.8) is 0 Å². The van der Waals surface area contributed by atoms with E-state index in [-0.39, 0.29) is 17.5 Å². The van der Waals surface area contributed by atoms with Gasteiger partial charge in [0.15, 0.2) is 11.6 Å². The number of carbonyl (C=O) groups excluding carboxylic acids is 2. The Bertz CT molecular complexity index is 897. The van der Waals surface area contributed by atoms with Gasteiger partial charge in [0.1, 0.15) is 11.5 Å². The van der Waals surface area contributed by atoms with E-state index in [1.807, 2.05) is 6.92 Å². The molecule has 1 N–H and O–H groups in total. The highest BCUT2D eigenvalue weighted by atomic mass is 16.5. The van der Waals surface area contributed by atoms with E-state index in [1.165, 1.54) is 11.7 Å². The number of aromatic hydroxyl groups is 1. The van der Waals surface area contributed by atoms with Gasteiger partial charge in [-0.1, -0.05) is 26.2 Å². The lowest BCUT2D eigenvalue weighted by Gasteiger charge is -2.14. The van der Waals surface area contributed by atoms with Crippen molar-refractivity contribution >= 4 is 11.8 Å². The largest absolute Gasteiger partial charge is 0.507 e. The summed E-state index contributed by atoms with van der Waals surface area (Å²) in [5, 5.41) is 22.9. The minimum atomic E-state index is -0.201. The van der Waals surface area contributed by atoms with Crippen LogP contribution in [0.3, 0.4) is 0 Å². The second-order valence-corrected chi connectivity index (χ2v) is 7.97.